The summed E-state index contributed by atoms with van der Waals surface area (Å²) in [6.45, 7) is 1.33. The number of likely N-dealkylation sites (N-methyl/N-ethyl adjacent to an activating group) is 1. The lowest BCUT2D eigenvalue weighted by Gasteiger charge is -2.19. The Kier molecular flexibility index (Phi) is 4.98. The van der Waals surface area contributed by atoms with Crippen molar-refractivity contribution in [1.82, 2.24) is 4.90 Å². The molecular weight excluding hydrogens is 380 g/mol. The number of ketones is 2. The first-order chi connectivity index (χ1) is 13.6. The van der Waals surface area contributed by atoms with Crippen LogP contribution in [-0.2, 0) is 9.53 Å². The molecule has 0 radical (unpaired) electrons. The van der Waals surface area contributed by atoms with Crippen LogP contribution < -0.4 is 0 Å². The molecule has 148 valence electrons. The Bertz CT molecular complexity index is 1090. The lowest BCUT2D eigenvalue weighted by Crippen LogP contribution is -2.35. The zero-order valence-corrected chi connectivity index (χ0v) is 15.8. The van der Waals surface area contributed by atoms with Crippen LogP contribution in [0.25, 0.3) is 0 Å². The van der Waals surface area contributed by atoms with Gasteiger partial charge >= 0.3 is 5.97 Å². The fourth-order valence-corrected chi connectivity index (χ4v) is 3.16. The van der Waals surface area contributed by atoms with Gasteiger partial charge < -0.3 is 9.64 Å². The van der Waals surface area contributed by atoms with Crippen molar-refractivity contribution in [3.63, 3.8) is 0 Å². The van der Waals surface area contributed by atoms with Crippen molar-refractivity contribution in [2.24, 2.45) is 0 Å². The van der Waals surface area contributed by atoms with Gasteiger partial charge in [-0.05, 0) is 19.1 Å². The van der Waals surface area contributed by atoms with Gasteiger partial charge in [0.1, 0.15) is 11.1 Å². The summed E-state index contributed by atoms with van der Waals surface area (Å²) in [4.78, 5) is 62.1. The van der Waals surface area contributed by atoms with Crippen molar-refractivity contribution in [2.45, 2.75) is 13.0 Å². The quantitative estimate of drug-likeness (QED) is 0.375. The van der Waals surface area contributed by atoms with Crippen LogP contribution in [0.5, 0.6) is 0 Å². The zero-order chi connectivity index (χ0) is 21.5. The van der Waals surface area contributed by atoms with E-state index in [1.54, 1.807) is 6.07 Å². The predicted molar refractivity (Wildman–Crippen MR) is 100.0 cm³/mol. The first-order valence-corrected chi connectivity index (χ1v) is 8.57. The summed E-state index contributed by atoms with van der Waals surface area (Å²) in [5.74, 6) is -2.93. The van der Waals surface area contributed by atoms with Gasteiger partial charge in [0, 0.05) is 30.8 Å². The number of nitrogens with zero attached hydrogens (tertiary/aromatic N) is 2. The first-order valence-electron chi connectivity index (χ1n) is 8.57. The van der Waals surface area contributed by atoms with Crippen molar-refractivity contribution in [3.8, 4) is 0 Å². The Hall–Kier alpha value is -3.88. The number of hydrogen-bond acceptors (Lipinski definition) is 7. The fourth-order valence-electron chi connectivity index (χ4n) is 3.16. The van der Waals surface area contributed by atoms with Gasteiger partial charge in [0.2, 0.25) is 5.78 Å². The molecule has 29 heavy (non-hydrogen) atoms. The molecule has 2 aromatic rings. The highest BCUT2D eigenvalue weighted by Crippen LogP contribution is 2.35. The number of nitro benzene ring substituents is 1. The number of ether oxygens (including phenoxy) is 1. The molecular formula is C20H16N2O7. The Morgan fingerprint density at radius 3 is 2.14 bits per heavy atom. The van der Waals surface area contributed by atoms with Gasteiger partial charge in [-0.3, -0.25) is 24.5 Å². The highest BCUT2D eigenvalue weighted by Gasteiger charge is 2.39. The number of nitro groups is 1. The van der Waals surface area contributed by atoms with Crippen molar-refractivity contribution < 1.29 is 28.8 Å². The van der Waals surface area contributed by atoms with E-state index in [0.29, 0.717) is 0 Å². The molecule has 0 heterocycles. The van der Waals surface area contributed by atoms with Crippen LogP contribution in [0.4, 0.5) is 5.69 Å². The summed E-state index contributed by atoms with van der Waals surface area (Å²) >= 11 is 0. The summed E-state index contributed by atoms with van der Waals surface area (Å²) in [6.07, 6.45) is -1.19. The zero-order valence-electron chi connectivity index (χ0n) is 15.8. The maximum Gasteiger partial charge on any atom is 0.345 e. The number of amides is 1. The van der Waals surface area contributed by atoms with Gasteiger partial charge in [0.25, 0.3) is 11.6 Å². The molecule has 9 nitrogen and oxygen atoms in total. The Morgan fingerprint density at radius 1 is 1.00 bits per heavy atom. The third-order valence-electron chi connectivity index (χ3n) is 4.54. The maximum absolute atomic E-state index is 12.9. The molecule has 0 unspecified atom stereocenters. The molecule has 0 saturated heterocycles. The monoisotopic (exact) mass is 396 g/mol. The molecule has 1 aliphatic rings. The minimum absolute atomic E-state index is 0.0229. The second-order valence-corrected chi connectivity index (χ2v) is 6.63. The first kappa shape index (κ1) is 19.9. The second kappa shape index (κ2) is 7.27. The number of hydrogen-bond donors (Lipinski definition) is 0. The molecule has 1 aliphatic carbocycles. The third-order valence-corrected chi connectivity index (χ3v) is 4.54. The molecule has 0 fully saturated rings. The highest BCUT2D eigenvalue weighted by atomic mass is 16.6. The largest absolute Gasteiger partial charge is 0.449 e. The number of benzene rings is 2. The average molecular weight is 396 g/mol. The van der Waals surface area contributed by atoms with Crippen LogP contribution >= 0.6 is 0 Å². The van der Waals surface area contributed by atoms with E-state index in [1.807, 2.05) is 0 Å². The van der Waals surface area contributed by atoms with Crippen LogP contribution in [0.3, 0.4) is 0 Å². The van der Waals surface area contributed by atoms with Crippen molar-refractivity contribution in [3.05, 3.63) is 74.3 Å². The number of esters is 1. The van der Waals surface area contributed by atoms with Crippen LogP contribution in [0.1, 0.15) is 49.1 Å². The minimum atomic E-state index is -1.19. The van der Waals surface area contributed by atoms with Gasteiger partial charge in [0.15, 0.2) is 11.9 Å². The number of fused-ring (bicyclic) bond motifs is 2. The summed E-state index contributed by atoms with van der Waals surface area (Å²) < 4.78 is 5.04. The number of carbonyl (C=O) groups is 4. The molecule has 1 amide bonds. The van der Waals surface area contributed by atoms with Gasteiger partial charge in [-0.1, -0.05) is 24.3 Å². The molecule has 0 aliphatic heterocycles. The number of carbonyl (C=O) groups excluding carboxylic acids is 4. The van der Waals surface area contributed by atoms with E-state index in [9.17, 15) is 29.3 Å². The molecule has 0 aromatic heterocycles. The normalized spacial score (nSPS) is 13.2. The lowest BCUT2D eigenvalue weighted by molar-refractivity contribution is -0.385. The van der Waals surface area contributed by atoms with Gasteiger partial charge in [-0.25, -0.2) is 4.79 Å². The molecule has 2 aromatic carbocycles. The van der Waals surface area contributed by atoms with E-state index < -0.39 is 51.3 Å². The van der Waals surface area contributed by atoms with Crippen LogP contribution in [0, 0.1) is 10.1 Å². The van der Waals surface area contributed by atoms with E-state index in [4.69, 9.17) is 4.74 Å². The summed E-state index contributed by atoms with van der Waals surface area (Å²) in [5, 5.41) is 11.7. The predicted octanol–water partition coefficient (Wildman–Crippen LogP) is 2.00. The van der Waals surface area contributed by atoms with Gasteiger partial charge in [0.05, 0.1) is 4.92 Å². The van der Waals surface area contributed by atoms with E-state index in [-0.39, 0.29) is 16.7 Å². The molecule has 3 rings (SSSR count). The van der Waals surface area contributed by atoms with E-state index in [2.05, 4.69) is 0 Å². The average Bonchev–Trinajstić information content (AvgIpc) is 2.69. The van der Waals surface area contributed by atoms with Crippen LogP contribution in [-0.4, -0.2) is 53.5 Å². The summed E-state index contributed by atoms with van der Waals surface area (Å²) in [5.41, 5.74) is -1.78. The van der Waals surface area contributed by atoms with Crippen molar-refractivity contribution in [1.29, 1.82) is 0 Å². The maximum atomic E-state index is 12.9. The molecule has 0 N–H and O–H groups in total. The van der Waals surface area contributed by atoms with Gasteiger partial charge in [-0.2, -0.15) is 0 Å². The molecule has 1 atom stereocenters. The summed E-state index contributed by atoms with van der Waals surface area (Å²) in [6, 6.07) is 8.22. The minimum Gasteiger partial charge on any atom is -0.449 e. The SMILES string of the molecule is C[C@@H](OC(=O)c1ccc2c(c1[N+](=O)[O-])C(=O)c1ccccc1C2=O)C(=O)N(C)C. The van der Waals surface area contributed by atoms with E-state index in [0.717, 1.165) is 6.07 Å². The number of rotatable bonds is 4. The smallest absolute Gasteiger partial charge is 0.345 e. The van der Waals surface area contributed by atoms with E-state index >= 15 is 0 Å². The third kappa shape index (κ3) is 3.27. The summed E-state index contributed by atoms with van der Waals surface area (Å²) in [7, 11) is 2.94. The molecule has 0 spiro atoms. The Balaban J connectivity index is 2.12. The standard InChI is InChI=1S/C20H16N2O7/c1-10(19(25)21(2)3)29-20(26)14-9-8-13-15(16(14)22(27)28)18(24)12-7-5-4-6-11(12)17(13)23/h4-10H,1-3H3/t10-/m1/s1. The topological polar surface area (TPSA) is 124 Å². The second-order valence-electron chi connectivity index (χ2n) is 6.63. The highest BCUT2D eigenvalue weighted by molar-refractivity contribution is 6.30. The van der Waals surface area contributed by atoms with Crippen molar-refractivity contribution >= 4 is 29.1 Å². The van der Waals surface area contributed by atoms with Crippen LogP contribution in [0.15, 0.2) is 36.4 Å². The Morgan fingerprint density at radius 2 is 1.59 bits per heavy atom. The van der Waals surface area contributed by atoms with E-state index in [1.165, 1.54) is 50.2 Å². The lowest BCUT2D eigenvalue weighted by atomic mass is 9.82. The molecule has 0 saturated carbocycles. The van der Waals surface area contributed by atoms with Gasteiger partial charge in [-0.15, -0.1) is 0 Å². The molecule has 0 bridgehead atoms. The molecule has 9 heteroatoms. The Labute approximate surface area is 165 Å². The fraction of sp³-hybridized carbons (Fsp3) is 0.200. The van der Waals surface area contributed by atoms with Crippen LogP contribution in [0.2, 0.25) is 0 Å². The van der Waals surface area contributed by atoms with Crippen molar-refractivity contribution in [2.75, 3.05) is 14.1 Å².